The number of anilines is 1. The third-order valence-electron chi connectivity index (χ3n) is 4.43. The Morgan fingerprint density at radius 2 is 1.96 bits per heavy atom. The molecule has 0 unspecified atom stereocenters. The lowest BCUT2D eigenvalue weighted by molar-refractivity contribution is -0.116. The van der Waals surface area contributed by atoms with Gasteiger partial charge in [0.1, 0.15) is 13.2 Å². The molecule has 9 heteroatoms. The number of benzene rings is 2. The second kappa shape index (κ2) is 6.68. The van der Waals surface area contributed by atoms with E-state index in [0.29, 0.717) is 40.9 Å². The second-order valence-corrected chi connectivity index (χ2v) is 7.30. The minimum atomic E-state index is -0.473. The number of aromatic nitrogens is 2. The van der Waals surface area contributed by atoms with Crippen LogP contribution in [-0.2, 0) is 11.3 Å². The fourth-order valence-electron chi connectivity index (χ4n) is 3.14. The van der Waals surface area contributed by atoms with Gasteiger partial charge in [0.15, 0.2) is 22.2 Å². The molecule has 8 nitrogen and oxygen atoms in total. The van der Waals surface area contributed by atoms with Gasteiger partial charge in [0.25, 0.3) is 0 Å². The molecule has 0 radical (unpaired) electrons. The van der Waals surface area contributed by atoms with Crippen molar-refractivity contribution in [3.8, 4) is 11.5 Å². The molecule has 0 fully saturated rings. The summed E-state index contributed by atoms with van der Waals surface area (Å²) in [7, 11) is 0. The van der Waals surface area contributed by atoms with Crippen LogP contribution in [0.3, 0.4) is 0 Å². The minimum Gasteiger partial charge on any atom is -0.486 e. The first-order chi connectivity index (χ1) is 13.7. The number of rotatable bonds is 4. The van der Waals surface area contributed by atoms with E-state index < -0.39 is 5.76 Å². The highest BCUT2D eigenvalue weighted by Gasteiger charge is 2.16. The molecule has 0 saturated heterocycles. The van der Waals surface area contributed by atoms with Crippen molar-refractivity contribution in [2.75, 3.05) is 18.5 Å². The van der Waals surface area contributed by atoms with Gasteiger partial charge in [-0.2, -0.15) is 0 Å². The smallest absolute Gasteiger partial charge is 0.419 e. The molecule has 0 bridgehead atoms. The lowest BCUT2D eigenvalue weighted by atomic mass is 10.3. The van der Waals surface area contributed by atoms with E-state index in [2.05, 4.69) is 10.3 Å². The quantitative estimate of drug-likeness (QED) is 0.569. The predicted octanol–water partition coefficient (Wildman–Crippen LogP) is 3.00. The van der Waals surface area contributed by atoms with E-state index in [1.807, 2.05) is 18.2 Å². The zero-order chi connectivity index (χ0) is 19.1. The second-order valence-electron chi connectivity index (χ2n) is 6.27. The predicted molar refractivity (Wildman–Crippen MR) is 104 cm³/mol. The monoisotopic (exact) mass is 397 g/mol. The summed E-state index contributed by atoms with van der Waals surface area (Å²) in [6.45, 7) is 1.25. The zero-order valence-corrected chi connectivity index (χ0v) is 15.5. The van der Waals surface area contributed by atoms with Crippen molar-refractivity contribution in [1.82, 2.24) is 9.55 Å². The highest BCUT2D eigenvalue weighted by Crippen LogP contribution is 2.37. The molecule has 0 aliphatic carbocycles. The Balaban J connectivity index is 1.31. The number of aryl methyl sites for hydroxylation is 1. The Bertz CT molecular complexity index is 1210. The van der Waals surface area contributed by atoms with E-state index in [9.17, 15) is 9.59 Å². The van der Waals surface area contributed by atoms with E-state index in [1.165, 1.54) is 15.9 Å². The molecule has 0 saturated carbocycles. The lowest BCUT2D eigenvalue weighted by Crippen LogP contribution is -2.19. The van der Waals surface area contributed by atoms with E-state index in [4.69, 9.17) is 13.9 Å². The van der Waals surface area contributed by atoms with Crippen LogP contribution in [0.1, 0.15) is 6.42 Å². The SMILES string of the molecule is O=C(CCn1c(=O)oc2ccccc21)Nc1nc2cc3c(cc2s1)OCCO3. The summed E-state index contributed by atoms with van der Waals surface area (Å²) >= 11 is 1.36. The standard InChI is InChI=1S/C19H15N3O5S/c23-17(5-6-22-12-3-1-2-4-13(12)27-19(22)24)21-18-20-11-9-14-15(10-16(11)28-18)26-8-7-25-14/h1-4,9-10H,5-8H2,(H,20,21,23). The molecule has 0 atom stereocenters. The van der Waals surface area contributed by atoms with E-state index >= 15 is 0 Å². The van der Waals surface area contributed by atoms with Gasteiger partial charge in [-0.3, -0.25) is 9.36 Å². The summed E-state index contributed by atoms with van der Waals surface area (Å²) in [6, 6.07) is 10.8. The van der Waals surface area contributed by atoms with Crippen molar-refractivity contribution in [1.29, 1.82) is 0 Å². The minimum absolute atomic E-state index is 0.127. The van der Waals surface area contributed by atoms with Crippen LogP contribution in [0.2, 0.25) is 0 Å². The molecule has 5 rings (SSSR count). The van der Waals surface area contributed by atoms with Crippen molar-refractivity contribution < 1.29 is 18.7 Å². The summed E-state index contributed by atoms with van der Waals surface area (Å²) < 4.78 is 18.7. The van der Waals surface area contributed by atoms with Crippen LogP contribution in [0.25, 0.3) is 21.3 Å². The summed E-state index contributed by atoms with van der Waals surface area (Å²) in [5.74, 6) is 0.646. The molecule has 142 valence electrons. The Hall–Kier alpha value is -3.33. The molecule has 2 aromatic heterocycles. The van der Waals surface area contributed by atoms with Crippen molar-refractivity contribution in [2.24, 2.45) is 0 Å². The molecule has 28 heavy (non-hydrogen) atoms. The third kappa shape index (κ3) is 2.99. The van der Waals surface area contributed by atoms with Gasteiger partial charge in [-0.05, 0) is 12.1 Å². The van der Waals surface area contributed by atoms with Gasteiger partial charge >= 0.3 is 5.76 Å². The van der Waals surface area contributed by atoms with Gasteiger partial charge in [0.05, 0.1) is 15.7 Å². The van der Waals surface area contributed by atoms with Crippen LogP contribution < -0.4 is 20.5 Å². The third-order valence-corrected chi connectivity index (χ3v) is 5.37. The largest absolute Gasteiger partial charge is 0.486 e. The number of nitrogens with zero attached hydrogens (tertiary/aromatic N) is 2. The number of carbonyl (C=O) groups is 1. The first-order valence-corrected chi connectivity index (χ1v) is 9.57. The van der Waals surface area contributed by atoms with Crippen LogP contribution in [0.4, 0.5) is 5.13 Å². The summed E-state index contributed by atoms with van der Waals surface area (Å²) in [5.41, 5.74) is 1.92. The maximum atomic E-state index is 12.3. The fourth-order valence-corrected chi connectivity index (χ4v) is 4.03. The van der Waals surface area contributed by atoms with Crippen LogP contribution in [0.5, 0.6) is 11.5 Å². The maximum Gasteiger partial charge on any atom is 0.419 e. The first-order valence-electron chi connectivity index (χ1n) is 8.76. The molecular formula is C19H15N3O5S. The number of oxazole rings is 1. The average molecular weight is 397 g/mol. The fraction of sp³-hybridized carbons (Fsp3) is 0.211. The molecule has 1 aliphatic rings. The summed E-state index contributed by atoms with van der Waals surface area (Å²) in [6.07, 6.45) is 0.127. The van der Waals surface area contributed by atoms with Crippen LogP contribution >= 0.6 is 11.3 Å². The highest BCUT2D eigenvalue weighted by atomic mass is 32.1. The molecule has 1 amide bonds. The van der Waals surface area contributed by atoms with E-state index in [0.717, 1.165) is 10.2 Å². The molecule has 3 heterocycles. The zero-order valence-electron chi connectivity index (χ0n) is 14.6. The Kier molecular flexibility index (Phi) is 4.01. The molecule has 0 spiro atoms. The van der Waals surface area contributed by atoms with Gasteiger partial charge in [0, 0.05) is 25.1 Å². The number of fused-ring (bicyclic) bond motifs is 3. The first kappa shape index (κ1) is 16.8. The topological polar surface area (TPSA) is 95.6 Å². The Morgan fingerprint density at radius 3 is 2.82 bits per heavy atom. The number of para-hydroxylation sites is 2. The van der Waals surface area contributed by atoms with E-state index in [-0.39, 0.29) is 18.9 Å². The number of amides is 1. The highest BCUT2D eigenvalue weighted by molar-refractivity contribution is 7.22. The Morgan fingerprint density at radius 1 is 1.18 bits per heavy atom. The number of carbonyl (C=O) groups excluding carboxylic acids is 1. The van der Waals surface area contributed by atoms with Crippen LogP contribution in [-0.4, -0.2) is 28.7 Å². The maximum absolute atomic E-state index is 12.3. The van der Waals surface area contributed by atoms with E-state index in [1.54, 1.807) is 18.2 Å². The number of hydrogen-bond donors (Lipinski definition) is 1. The summed E-state index contributed by atoms with van der Waals surface area (Å²) in [4.78, 5) is 28.8. The van der Waals surface area contributed by atoms with Gasteiger partial charge in [-0.15, -0.1) is 0 Å². The lowest BCUT2D eigenvalue weighted by Gasteiger charge is -2.17. The van der Waals surface area contributed by atoms with Crippen molar-refractivity contribution in [3.05, 3.63) is 46.9 Å². The van der Waals surface area contributed by atoms with Crippen molar-refractivity contribution >= 4 is 43.7 Å². The van der Waals surface area contributed by atoms with Gasteiger partial charge in [0.2, 0.25) is 5.91 Å². The number of ether oxygens (including phenoxy) is 2. The normalized spacial score (nSPS) is 13.1. The number of thiazole rings is 1. The van der Waals surface area contributed by atoms with Gasteiger partial charge < -0.3 is 19.2 Å². The van der Waals surface area contributed by atoms with Gasteiger partial charge in [-0.1, -0.05) is 23.5 Å². The van der Waals surface area contributed by atoms with Crippen LogP contribution in [0.15, 0.2) is 45.6 Å². The van der Waals surface area contributed by atoms with Crippen LogP contribution in [0, 0.1) is 0 Å². The Labute approximate surface area is 162 Å². The number of hydrogen-bond acceptors (Lipinski definition) is 7. The summed E-state index contributed by atoms with van der Waals surface area (Å²) in [5, 5.41) is 3.29. The molecule has 2 aromatic carbocycles. The molecule has 1 aliphatic heterocycles. The molecule has 1 N–H and O–H groups in total. The number of nitrogens with one attached hydrogen (secondary N) is 1. The average Bonchev–Trinajstić information content (AvgIpc) is 3.23. The molecular weight excluding hydrogens is 382 g/mol. The van der Waals surface area contributed by atoms with Crippen molar-refractivity contribution in [2.45, 2.75) is 13.0 Å². The molecule has 4 aromatic rings. The van der Waals surface area contributed by atoms with Gasteiger partial charge in [-0.25, -0.2) is 9.78 Å². The van der Waals surface area contributed by atoms with Crippen molar-refractivity contribution in [3.63, 3.8) is 0 Å².